The summed E-state index contributed by atoms with van der Waals surface area (Å²) in [4.78, 5) is 18.4. The van der Waals surface area contributed by atoms with Gasteiger partial charge < -0.3 is 19.6 Å². The first-order chi connectivity index (χ1) is 15.1. The molecule has 1 atom stereocenters. The molecule has 1 unspecified atom stereocenters. The fraction of sp³-hybridized carbons (Fsp3) is 0.292. The third-order valence-corrected chi connectivity index (χ3v) is 6.67. The maximum atomic E-state index is 13.6. The molecule has 162 valence electrons. The van der Waals surface area contributed by atoms with Crippen LogP contribution in [0, 0.1) is 0 Å². The number of aliphatic hydroxyl groups excluding tert-OH is 1. The van der Waals surface area contributed by atoms with E-state index in [2.05, 4.69) is 0 Å². The smallest absolute Gasteiger partial charge is 0.254 e. The molecule has 4 rings (SSSR count). The van der Waals surface area contributed by atoms with Crippen LogP contribution in [0.15, 0.2) is 60.0 Å². The highest BCUT2D eigenvalue weighted by molar-refractivity contribution is 7.09. The van der Waals surface area contributed by atoms with Gasteiger partial charge in [0.25, 0.3) is 5.91 Å². The summed E-state index contributed by atoms with van der Waals surface area (Å²) in [5, 5.41) is 12.8. The Hall–Kier alpha value is -2.54. The monoisotopic (exact) mass is 456 g/mol. The number of carbonyl (C=O) groups excluding carboxylic acids is 1. The predicted molar refractivity (Wildman–Crippen MR) is 125 cm³/mol. The van der Waals surface area contributed by atoms with Crippen LogP contribution in [0.1, 0.15) is 33.6 Å². The second-order valence-electron chi connectivity index (χ2n) is 7.53. The first-order valence-corrected chi connectivity index (χ1v) is 11.5. The van der Waals surface area contributed by atoms with Gasteiger partial charge in [-0.05, 0) is 48.6 Å². The van der Waals surface area contributed by atoms with E-state index in [1.54, 1.807) is 36.6 Å². The molecule has 2 heterocycles. The molecule has 31 heavy (non-hydrogen) atoms. The van der Waals surface area contributed by atoms with Crippen molar-refractivity contribution in [1.82, 2.24) is 4.90 Å². The molecule has 0 radical (unpaired) electrons. The van der Waals surface area contributed by atoms with Gasteiger partial charge >= 0.3 is 0 Å². The average molecular weight is 457 g/mol. The number of hydrogen-bond acceptors (Lipinski definition) is 5. The van der Waals surface area contributed by atoms with Crippen LogP contribution in [0.25, 0.3) is 0 Å². The molecule has 3 aromatic rings. The Kier molecular flexibility index (Phi) is 6.80. The molecule has 7 heteroatoms. The minimum atomic E-state index is -0.571. The fourth-order valence-corrected chi connectivity index (χ4v) is 4.85. The molecule has 1 aromatic heterocycles. The lowest BCUT2D eigenvalue weighted by molar-refractivity contribution is 0.0730. The highest BCUT2D eigenvalue weighted by atomic mass is 35.5. The van der Waals surface area contributed by atoms with Gasteiger partial charge in [0, 0.05) is 22.5 Å². The SMILES string of the molecule is COc1ccccc1CN(Cc1cccs1)C(=O)c1ccc(Cl)c(N2CCCC2O)c1. The summed E-state index contributed by atoms with van der Waals surface area (Å²) in [6.07, 6.45) is 1.03. The molecule has 5 nitrogen and oxygen atoms in total. The van der Waals surface area contributed by atoms with E-state index < -0.39 is 6.23 Å². The van der Waals surface area contributed by atoms with Crippen molar-refractivity contribution in [3.8, 4) is 5.75 Å². The van der Waals surface area contributed by atoms with Gasteiger partial charge in [0.1, 0.15) is 12.0 Å². The summed E-state index contributed by atoms with van der Waals surface area (Å²) < 4.78 is 5.49. The topological polar surface area (TPSA) is 53.0 Å². The summed E-state index contributed by atoms with van der Waals surface area (Å²) >= 11 is 8.04. The van der Waals surface area contributed by atoms with Crippen LogP contribution in [0.4, 0.5) is 5.69 Å². The van der Waals surface area contributed by atoms with E-state index in [1.807, 2.05) is 51.6 Å². The zero-order chi connectivity index (χ0) is 21.8. The number of amides is 1. The van der Waals surface area contributed by atoms with E-state index >= 15 is 0 Å². The molecule has 1 N–H and O–H groups in total. The first-order valence-electron chi connectivity index (χ1n) is 10.2. The number of anilines is 1. The molecule has 0 saturated carbocycles. The van der Waals surface area contributed by atoms with Crippen molar-refractivity contribution < 1.29 is 14.6 Å². The van der Waals surface area contributed by atoms with Crippen molar-refractivity contribution in [2.45, 2.75) is 32.2 Å². The second-order valence-corrected chi connectivity index (χ2v) is 8.97. The molecule has 0 aliphatic carbocycles. The minimum absolute atomic E-state index is 0.0918. The Morgan fingerprint density at radius 3 is 2.77 bits per heavy atom. The third kappa shape index (κ3) is 4.87. The predicted octanol–water partition coefficient (Wildman–Crippen LogP) is 5.17. The Balaban J connectivity index is 1.65. The number of aliphatic hydroxyl groups is 1. The molecule has 0 spiro atoms. The Morgan fingerprint density at radius 1 is 1.23 bits per heavy atom. The molecule has 2 aromatic carbocycles. The molecule has 1 amide bonds. The van der Waals surface area contributed by atoms with Crippen molar-refractivity contribution in [3.63, 3.8) is 0 Å². The number of rotatable bonds is 7. The van der Waals surface area contributed by atoms with Crippen molar-refractivity contribution in [2.75, 3.05) is 18.6 Å². The molecular weight excluding hydrogens is 432 g/mol. The van der Waals surface area contributed by atoms with E-state index in [0.717, 1.165) is 29.2 Å². The molecule has 1 aliphatic heterocycles. The normalized spacial score (nSPS) is 15.8. The third-order valence-electron chi connectivity index (χ3n) is 5.49. The van der Waals surface area contributed by atoms with Crippen LogP contribution in [0.5, 0.6) is 5.75 Å². The summed E-state index contributed by atoms with van der Waals surface area (Å²) in [5.41, 5.74) is 2.19. The summed E-state index contributed by atoms with van der Waals surface area (Å²) in [5.74, 6) is 0.661. The van der Waals surface area contributed by atoms with Crippen molar-refractivity contribution >= 4 is 34.5 Å². The largest absolute Gasteiger partial charge is 0.496 e. The standard InChI is InChI=1S/C24H25ClN2O3S/c1-30-22-8-3-2-6-18(22)15-26(16-19-7-5-13-31-19)24(29)17-10-11-20(25)21(14-17)27-12-4-9-23(27)28/h2-3,5-8,10-11,13-14,23,28H,4,9,12,15-16H2,1H3. The summed E-state index contributed by atoms with van der Waals surface area (Å²) in [7, 11) is 1.64. The maximum absolute atomic E-state index is 13.6. The van der Waals surface area contributed by atoms with E-state index in [4.69, 9.17) is 16.3 Å². The van der Waals surface area contributed by atoms with Gasteiger partial charge in [-0.2, -0.15) is 0 Å². The van der Waals surface area contributed by atoms with Crippen molar-refractivity contribution in [1.29, 1.82) is 0 Å². The minimum Gasteiger partial charge on any atom is -0.496 e. The Bertz CT molecular complexity index is 1040. The maximum Gasteiger partial charge on any atom is 0.254 e. The number of methoxy groups -OCH3 is 1. The number of benzene rings is 2. The van der Waals surface area contributed by atoms with Crippen molar-refractivity contribution in [3.05, 3.63) is 81.0 Å². The quantitative estimate of drug-likeness (QED) is 0.532. The zero-order valence-electron chi connectivity index (χ0n) is 17.3. The first kappa shape index (κ1) is 21.7. The van der Waals surface area contributed by atoms with Crippen LogP contribution in [0.2, 0.25) is 5.02 Å². The lowest BCUT2D eigenvalue weighted by Gasteiger charge is -2.26. The zero-order valence-corrected chi connectivity index (χ0v) is 18.9. The highest BCUT2D eigenvalue weighted by Crippen LogP contribution is 2.33. The van der Waals surface area contributed by atoms with E-state index in [9.17, 15) is 9.90 Å². The van der Waals surface area contributed by atoms with E-state index in [0.29, 0.717) is 35.8 Å². The van der Waals surface area contributed by atoms with Gasteiger partial charge in [-0.15, -0.1) is 11.3 Å². The van der Waals surface area contributed by atoms with Gasteiger partial charge in [-0.25, -0.2) is 0 Å². The number of nitrogens with zero attached hydrogens (tertiary/aromatic N) is 2. The van der Waals surface area contributed by atoms with Gasteiger partial charge in [0.05, 0.1) is 30.9 Å². The fourth-order valence-electron chi connectivity index (χ4n) is 3.91. The van der Waals surface area contributed by atoms with Crippen molar-refractivity contribution in [2.24, 2.45) is 0 Å². The van der Waals surface area contributed by atoms with E-state index in [-0.39, 0.29) is 5.91 Å². The van der Waals surface area contributed by atoms with Gasteiger partial charge in [-0.3, -0.25) is 4.79 Å². The van der Waals surface area contributed by atoms with E-state index in [1.165, 1.54) is 0 Å². The Labute approximate surface area is 191 Å². The molecule has 1 aliphatic rings. The number of hydrogen-bond donors (Lipinski definition) is 1. The molecule has 0 bridgehead atoms. The molecule has 1 fully saturated rings. The number of carbonyl (C=O) groups is 1. The van der Waals surface area contributed by atoms with Crippen LogP contribution in [0.3, 0.4) is 0 Å². The lowest BCUT2D eigenvalue weighted by atomic mass is 10.1. The van der Waals surface area contributed by atoms with Gasteiger partial charge in [0.15, 0.2) is 0 Å². The highest BCUT2D eigenvalue weighted by Gasteiger charge is 2.26. The van der Waals surface area contributed by atoms with Crippen LogP contribution in [-0.4, -0.2) is 35.8 Å². The second kappa shape index (κ2) is 9.73. The van der Waals surface area contributed by atoms with Crippen LogP contribution >= 0.6 is 22.9 Å². The number of ether oxygens (including phenoxy) is 1. The van der Waals surface area contributed by atoms with Crippen LogP contribution < -0.4 is 9.64 Å². The Morgan fingerprint density at radius 2 is 2.06 bits per heavy atom. The number of para-hydroxylation sites is 1. The summed E-state index contributed by atoms with van der Waals surface area (Å²) in [6.45, 7) is 1.64. The average Bonchev–Trinajstić information content (AvgIpc) is 3.45. The summed E-state index contributed by atoms with van der Waals surface area (Å²) in [6, 6.07) is 17.0. The van der Waals surface area contributed by atoms with Gasteiger partial charge in [-0.1, -0.05) is 35.9 Å². The van der Waals surface area contributed by atoms with Gasteiger partial charge in [0.2, 0.25) is 0 Å². The van der Waals surface area contributed by atoms with Crippen LogP contribution in [-0.2, 0) is 13.1 Å². The number of halogens is 1. The molecule has 1 saturated heterocycles. The molecular formula is C24H25ClN2O3S. The lowest BCUT2D eigenvalue weighted by Crippen LogP contribution is -2.31. The number of thiophene rings is 1.